The Balaban J connectivity index is 1.93. The van der Waals surface area contributed by atoms with E-state index in [1.54, 1.807) is 14.2 Å². The molecule has 0 fully saturated rings. The van der Waals surface area contributed by atoms with Crippen LogP contribution >= 0.6 is 0 Å². The molecule has 2 rings (SSSR count). The van der Waals surface area contributed by atoms with Crippen LogP contribution in [-0.4, -0.2) is 14.2 Å². The van der Waals surface area contributed by atoms with Gasteiger partial charge in [-0.15, -0.1) is 0 Å². The molecule has 0 amide bonds. The highest BCUT2D eigenvalue weighted by Gasteiger charge is 2.09. The molecule has 0 bridgehead atoms. The lowest BCUT2D eigenvalue weighted by atomic mass is 9.90. The van der Waals surface area contributed by atoms with Gasteiger partial charge in [-0.1, -0.05) is 43.3 Å². The summed E-state index contributed by atoms with van der Waals surface area (Å²) in [7, 11) is 3.34. The third kappa shape index (κ3) is 4.27. The first-order chi connectivity index (χ1) is 10.8. The Morgan fingerprint density at radius 3 is 2.32 bits per heavy atom. The molecule has 1 unspecified atom stereocenters. The number of ether oxygens (including phenoxy) is 2. The summed E-state index contributed by atoms with van der Waals surface area (Å²) in [5.74, 6) is 2.13. The van der Waals surface area contributed by atoms with Crippen molar-refractivity contribution in [2.45, 2.75) is 31.6 Å². The van der Waals surface area contributed by atoms with Gasteiger partial charge in [0, 0.05) is 0 Å². The first-order valence-electron chi connectivity index (χ1n) is 7.83. The molecule has 0 saturated heterocycles. The Morgan fingerprint density at radius 1 is 0.955 bits per heavy atom. The van der Waals surface area contributed by atoms with E-state index in [-0.39, 0.29) is 0 Å². The summed E-state index contributed by atoms with van der Waals surface area (Å²) in [5.41, 5.74) is 2.68. The lowest BCUT2D eigenvalue weighted by Gasteiger charge is -2.15. The van der Waals surface area contributed by atoms with Gasteiger partial charge in [-0.2, -0.15) is 0 Å². The Labute approximate surface area is 134 Å². The van der Waals surface area contributed by atoms with Gasteiger partial charge in [-0.3, -0.25) is 0 Å². The molecule has 0 spiro atoms. The summed E-state index contributed by atoms with van der Waals surface area (Å²) in [6.45, 7) is 4.10. The van der Waals surface area contributed by atoms with E-state index in [1.807, 2.05) is 6.07 Å². The van der Waals surface area contributed by atoms with Crippen LogP contribution in [0, 0.1) is 6.92 Å². The van der Waals surface area contributed by atoms with Crippen molar-refractivity contribution in [1.29, 1.82) is 0 Å². The molecule has 2 nitrogen and oxygen atoms in total. The van der Waals surface area contributed by atoms with E-state index in [0.717, 1.165) is 37.2 Å². The van der Waals surface area contributed by atoms with Gasteiger partial charge >= 0.3 is 0 Å². The molecule has 22 heavy (non-hydrogen) atoms. The second kappa shape index (κ2) is 8.47. The third-order valence-electron chi connectivity index (χ3n) is 4.09. The van der Waals surface area contributed by atoms with Crippen molar-refractivity contribution in [3.8, 4) is 11.5 Å². The fourth-order valence-corrected chi connectivity index (χ4v) is 2.79. The van der Waals surface area contributed by atoms with Gasteiger partial charge in [0.15, 0.2) is 11.5 Å². The lowest BCUT2D eigenvalue weighted by molar-refractivity contribution is 0.354. The molecule has 0 heterocycles. The molecule has 2 aromatic carbocycles. The average Bonchev–Trinajstić information content (AvgIpc) is 2.59. The van der Waals surface area contributed by atoms with Gasteiger partial charge < -0.3 is 9.47 Å². The van der Waals surface area contributed by atoms with E-state index in [9.17, 15) is 0 Å². The van der Waals surface area contributed by atoms with Crippen LogP contribution in [0.15, 0.2) is 48.5 Å². The fourth-order valence-electron chi connectivity index (χ4n) is 2.79. The van der Waals surface area contributed by atoms with E-state index in [1.165, 1.54) is 11.1 Å². The third-order valence-corrected chi connectivity index (χ3v) is 4.09. The second-order valence-electron chi connectivity index (χ2n) is 5.48. The van der Waals surface area contributed by atoms with Crippen molar-refractivity contribution in [2.75, 3.05) is 14.2 Å². The summed E-state index contributed by atoms with van der Waals surface area (Å²) < 4.78 is 10.6. The quantitative estimate of drug-likeness (QED) is 0.680. The first-order valence-corrected chi connectivity index (χ1v) is 7.83. The summed E-state index contributed by atoms with van der Waals surface area (Å²) in [5, 5.41) is 0. The van der Waals surface area contributed by atoms with E-state index in [4.69, 9.17) is 9.47 Å². The molecule has 1 radical (unpaired) electrons. The minimum atomic E-state index is 0.543. The van der Waals surface area contributed by atoms with Gasteiger partial charge in [-0.25, -0.2) is 0 Å². The Bertz CT molecular complexity index is 563. The zero-order chi connectivity index (χ0) is 15.8. The maximum absolute atomic E-state index is 5.36. The molecule has 0 aliphatic heterocycles. The van der Waals surface area contributed by atoms with Gasteiger partial charge in [0.05, 0.1) is 14.2 Å². The molecule has 0 N–H and O–H groups in total. The second-order valence-corrected chi connectivity index (χ2v) is 5.48. The summed E-state index contributed by atoms with van der Waals surface area (Å²) in [6.07, 6.45) is 4.28. The van der Waals surface area contributed by atoms with Crippen molar-refractivity contribution in [2.24, 2.45) is 0 Å². The summed E-state index contributed by atoms with van der Waals surface area (Å²) >= 11 is 0. The maximum atomic E-state index is 5.36. The van der Waals surface area contributed by atoms with Crippen LogP contribution in [-0.2, 0) is 6.42 Å². The van der Waals surface area contributed by atoms with Crippen LogP contribution in [0.25, 0.3) is 0 Å². The largest absolute Gasteiger partial charge is 0.493 e. The van der Waals surface area contributed by atoms with Crippen molar-refractivity contribution >= 4 is 0 Å². The predicted octanol–water partition coefficient (Wildman–Crippen LogP) is 5.03. The molecule has 0 aromatic heterocycles. The fraction of sp³-hybridized carbons (Fsp3) is 0.350. The maximum Gasteiger partial charge on any atom is 0.160 e. The topological polar surface area (TPSA) is 18.5 Å². The smallest absolute Gasteiger partial charge is 0.160 e. The standard InChI is InChI=1S/C20H25O2/c1-4-17(18-10-6-5-7-11-18)12-8-9-16-13-14-19(21-2)20(15-16)22-3/h5-7,10-11,13-15,17H,1,4,8-9,12H2,2-3H3. The van der Waals surface area contributed by atoms with E-state index in [0.29, 0.717) is 5.92 Å². The van der Waals surface area contributed by atoms with Gasteiger partial charge in [-0.05, 0) is 54.9 Å². The number of rotatable bonds is 8. The molecule has 1 atom stereocenters. The van der Waals surface area contributed by atoms with Gasteiger partial charge in [0.1, 0.15) is 0 Å². The summed E-state index contributed by atoms with van der Waals surface area (Å²) in [6, 6.07) is 16.8. The monoisotopic (exact) mass is 297 g/mol. The number of benzene rings is 2. The van der Waals surface area contributed by atoms with Crippen molar-refractivity contribution in [1.82, 2.24) is 0 Å². The van der Waals surface area contributed by atoms with Crippen molar-refractivity contribution in [3.63, 3.8) is 0 Å². The van der Waals surface area contributed by atoms with Crippen LogP contribution in [0.3, 0.4) is 0 Å². The molecular weight excluding hydrogens is 272 g/mol. The number of aryl methyl sites for hydroxylation is 1. The van der Waals surface area contributed by atoms with E-state index < -0.39 is 0 Å². The number of hydrogen-bond donors (Lipinski definition) is 0. The molecule has 2 heteroatoms. The normalized spacial score (nSPS) is 12.0. The van der Waals surface area contributed by atoms with Crippen LogP contribution in [0.4, 0.5) is 0 Å². The average molecular weight is 297 g/mol. The van der Waals surface area contributed by atoms with Gasteiger partial charge in [0.2, 0.25) is 0 Å². The molecular formula is C20H25O2. The van der Waals surface area contributed by atoms with Crippen LogP contribution in [0.1, 0.15) is 36.3 Å². The van der Waals surface area contributed by atoms with E-state index in [2.05, 4.69) is 49.4 Å². The van der Waals surface area contributed by atoms with Crippen LogP contribution in [0.5, 0.6) is 11.5 Å². The molecule has 0 aliphatic carbocycles. The highest BCUT2D eigenvalue weighted by atomic mass is 16.5. The number of hydrogen-bond acceptors (Lipinski definition) is 2. The minimum Gasteiger partial charge on any atom is -0.493 e. The highest BCUT2D eigenvalue weighted by Crippen LogP contribution is 2.29. The minimum absolute atomic E-state index is 0.543. The molecule has 117 valence electrons. The molecule has 0 aliphatic rings. The zero-order valence-corrected chi connectivity index (χ0v) is 13.5. The molecule has 0 saturated carbocycles. The highest BCUT2D eigenvalue weighted by molar-refractivity contribution is 5.42. The Hall–Kier alpha value is -1.96. The van der Waals surface area contributed by atoms with E-state index >= 15 is 0 Å². The summed E-state index contributed by atoms with van der Waals surface area (Å²) in [4.78, 5) is 0. The van der Waals surface area contributed by atoms with Crippen LogP contribution < -0.4 is 9.47 Å². The molecule has 2 aromatic rings. The van der Waals surface area contributed by atoms with Crippen LogP contribution in [0.2, 0.25) is 0 Å². The van der Waals surface area contributed by atoms with Crippen molar-refractivity contribution < 1.29 is 9.47 Å². The van der Waals surface area contributed by atoms with Crippen molar-refractivity contribution in [3.05, 3.63) is 66.6 Å². The SMILES string of the molecule is [CH2]CC(CCCc1ccc(OC)c(OC)c1)c1ccccc1. The lowest BCUT2D eigenvalue weighted by Crippen LogP contribution is -1.99. The number of methoxy groups -OCH3 is 2. The van der Waals surface area contributed by atoms with Gasteiger partial charge in [0.25, 0.3) is 0 Å². The first kappa shape index (κ1) is 16.4. The zero-order valence-electron chi connectivity index (χ0n) is 13.5. The Kier molecular flexibility index (Phi) is 6.32. The Morgan fingerprint density at radius 2 is 1.68 bits per heavy atom. The predicted molar refractivity (Wildman–Crippen MR) is 91.6 cm³/mol.